The van der Waals surface area contributed by atoms with Crippen LogP contribution in [0.3, 0.4) is 0 Å². The molecule has 4 saturated heterocycles. The minimum Gasteiger partial charge on any atom is -0.390 e. The maximum atomic E-state index is 12.0. The standard InChI is InChI=1S/C20H30O7/c1-9-7-24-13-6-17-12-5-10(16(2,3)4)18(17)11(21)8-25-15(18)27-20(17,14(22)26-12)19(9,13)23/h9-15,21-23H,5-8H2,1-4H3/t9-,10+,11+,12?,13?,14?,15?,17?,18?,19-,20?/m1/s1. The monoisotopic (exact) mass is 382 g/mol. The fourth-order valence-corrected chi connectivity index (χ4v) is 8.51. The van der Waals surface area contributed by atoms with Crippen LogP contribution in [0.15, 0.2) is 0 Å². The summed E-state index contributed by atoms with van der Waals surface area (Å²) in [6.45, 7) is 9.08. The first-order valence-corrected chi connectivity index (χ1v) is 10.2. The molecule has 0 aromatic rings. The second-order valence-corrected chi connectivity index (χ2v) is 10.8. The fraction of sp³-hybridized carbons (Fsp3) is 1.00. The smallest absolute Gasteiger partial charge is 0.188 e. The molecule has 6 aliphatic rings. The molecule has 6 rings (SSSR count). The lowest BCUT2D eigenvalue weighted by atomic mass is 9.51. The molecular formula is C20H30O7. The van der Waals surface area contributed by atoms with Gasteiger partial charge >= 0.3 is 0 Å². The number of hydrogen-bond donors (Lipinski definition) is 3. The van der Waals surface area contributed by atoms with Crippen LogP contribution in [0.5, 0.6) is 0 Å². The van der Waals surface area contributed by atoms with Crippen molar-refractivity contribution in [3.05, 3.63) is 0 Å². The van der Waals surface area contributed by atoms with Crippen molar-refractivity contribution in [1.82, 2.24) is 0 Å². The number of aliphatic hydroxyl groups is 3. The summed E-state index contributed by atoms with van der Waals surface area (Å²) >= 11 is 0. The van der Waals surface area contributed by atoms with Crippen LogP contribution in [-0.4, -0.2) is 70.6 Å². The lowest BCUT2D eigenvalue weighted by Crippen LogP contribution is -2.67. The highest BCUT2D eigenvalue weighted by atomic mass is 16.7. The van der Waals surface area contributed by atoms with Gasteiger partial charge in [0.2, 0.25) is 0 Å². The number of fused-ring (bicyclic) bond motifs is 1. The molecule has 6 fully saturated rings. The minimum atomic E-state index is -1.37. The van der Waals surface area contributed by atoms with Crippen molar-refractivity contribution in [3.63, 3.8) is 0 Å². The minimum absolute atomic E-state index is 0.0737. The maximum absolute atomic E-state index is 12.0. The van der Waals surface area contributed by atoms with Crippen LogP contribution in [0.2, 0.25) is 0 Å². The molecule has 2 spiro atoms. The van der Waals surface area contributed by atoms with Crippen molar-refractivity contribution in [2.45, 2.75) is 82.6 Å². The Labute approximate surface area is 158 Å². The molecule has 2 aliphatic carbocycles. The van der Waals surface area contributed by atoms with Crippen molar-refractivity contribution in [2.75, 3.05) is 13.2 Å². The number of aliphatic hydroxyl groups excluding tert-OH is 2. The topological polar surface area (TPSA) is 97.6 Å². The Hall–Kier alpha value is -0.280. The third kappa shape index (κ3) is 1.37. The first-order valence-electron chi connectivity index (χ1n) is 10.2. The van der Waals surface area contributed by atoms with Crippen molar-refractivity contribution in [1.29, 1.82) is 0 Å². The van der Waals surface area contributed by atoms with E-state index in [1.807, 2.05) is 6.92 Å². The summed E-state index contributed by atoms with van der Waals surface area (Å²) in [5, 5.41) is 34.4. The van der Waals surface area contributed by atoms with Crippen LogP contribution in [-0.2, 0) is 18.9 Å². The first-order chi connectivity index (χ1) is 12.6. The molecule has 3 N–H and O–H groups in total. The Morgan fingerprint density at radius 2 is 1.78 bits per heavy atom. The van der Waals surface area contributed by atoms with Gasteiger partial charge in [-0.25, -0.2) is 0 Å². The zero-order chi connectivity index (χ0) is 19.2. The summed E-state index contributed by atoms with van der Waals surface area (Å²) in [7, 11) is 0. The van der Waals surface area contributed by atoms with Crippen molar-refractivity contribution in [2.24, 2.45) is 28.1 Å². The van der Waals surface area contributed by atoms with E-state index in [-0.39, 0.29) is 30.0 Å². The third-order valence-electron chi connectivity index (χ3n) is 9.23. The van der Waals surface area contributed by atoms with E-state index in [9.17, 15) is 15.3 Å². The van der Waals surface area contributed by atoms with E-state index in [1.54, 1.807) is 0 Å². The van der Waals surface area contributed by atoms with Crippen LogP contribution in [0.4, 0.5) is 0 Å². The Bertz CT molecular complexity index is 707. The van der Waals surface area contributed by atoms with Crippen LogP contribution < -0.4 is 0 Å². The van der Waals surface area contributed by atoms with Gasteiger partial charge in [-0.05, 0) is 24.2 Å². The van der Waals surface area contributed by atoms with Gasteiger partial charge < -0.3 is 34.3 Å². The van der Waals surface area contributed by atoms with E-state index >= 15 is 0 Å². The highest BCUT2D eigenvalue weighted by Crippen LogP contribution is 2.85. The summed E-state index contributed by atoms with van der Waals surface area (Å²) in [6.07, 6.45) is -2.16. The average Bonchev–Trinajstić information content (AvgIpc) is 3.30. The van der Waals surface area contributed by atoms with Crippen LogP contribution >= 0.6 is 0 Å². The van der Waals surface area contributed by atoms with E-state index < -0.39 is 46.8 Å². The molecule has 0 aromatic carbocycles. The van der Waals surface area contributed by atoms with E-state index in [2.05, 4.69) is 20.8 Å². The van der Waals surface area contributed by atoms with Crippen molar-refractivity contribution >= 4 is 0 Å². The molecule has 4 aliphatic heterocycles. The molecule has 152 valence electrons. The zero-order valence-electron chi connectivity index (χ0n) is 16.3. The van der Waals surface area contributed by atoms with Gasteiger partial charge in [0.25, 0.3) is 0 Å². The number of ether oxygens (including phenoxy) is 4. The van der Waals surface area contributed by atoms with Gasteiger partial charge in [-0.2, -0.15) is 0 Å². The quantitative estimate of drug-likeness (QED) is 0.558. The molecule has 7 unspecified atom stereocenters. The Balaban J connectivity index is 1.66. The van der Waals surface area contributed by atoms with Crippen molar-refractivity contribution in [3.8, 4) is 0 Å². The van der Waals surface area contributed by atoms with Crippen LogP contribution in [0.1, 0.15) is 40.5 Å². The zero-order valence-corrected chi connectivity index (χ0v) is 16.3. The average molecular weight is 382 g/mol. The second kappa shape index (κ2) is 4.56. The van der Waals surface area contributed by atoms with Gasteiger partial charge in [-0.15, -0.1) is 0 Å². The predicted octanol–water partition coefficient (Wildman–Crippen LogP) is 0.398. The van der Waals surface area contributed by atoms with E-state index in [4.69, 9.17) is 18.9 Å². The van der Waals surface area contributed by atoms with Gasteiger partial charge in [0, 0.05) is 11.3 Å². The van der Waals surface area contributed by atoms with E-state index in [0.29, 0.717) is 19.4 Å². The first kappa shape index (κ1) is 17.6. The Morgan fingerprint density at radius 1 is 1.04 bits per heavy atom. The SMILES string of the molecule is C[C@@H]1COC2CC34C5C[C@@H](C(C)(C)C)C36C(OC[C@@H]6O)OC4(C(O)O5)[C@]21O. The van der Waals surface area contributed by atoms with Crippen LogP contribution in [0.25, 0.3) is 0 Å². The number of hydrogen-bond acceptors (Lipinski definition) is 7. The summed E-state index contributed by atoms with van der Waals surface area (Å²) in [4.78, 5) is 0. The summed E-state index contributed by atoms with van der Waals surface area (Å²) < 4.78 is 24.7. The molecule has 0 aromatic heterocycles. The van der Waals surface area contributed by atoms with Gasteiger partial charge in [0.05, 0.1) is 36.9 Å². The molecule has 27 heavy (non-hydrogen) atoms. The second-order valence-electron chi connectivity index (χ2n) is 10.8. The highest BCUT2D eigenvalue weighted by Gasteiger charge is 2.97. The number of rotatable bonds is 0. The Morgan fingerprint density at radius 3 is 2.48 bits per heavy atom. The van der Waals surface area contributed by atoms with E-state index in [0.717, 1.165) is 0 Å². The highest BCUT2D eigenvalue weighted by molar-refractivity contribution is 5.41. The lowest BCUT2D eigenvalue weighted by Gasteiger charge is -2.49. The molecule has 11 atom stereocenters. The molecule has 0 bridgehead atoms. The molecule has 0 radical (unpaired) electrons. The Kier molecular flexibility index (Phi) is 2.97. The maximum Gasteiger partial charge on any atom is 0.188 e. The van der Waals surface area contributed by atoms with Crippen LogP contribution in [0, 0.1) is 28.1 Å². The molecule has 7 nitrogen and oxygen atoms in total. The lowest BCUT2D eigenvalue weighted by molar-refractivity contribution is -0.296. The summed E-state index contributed by atoms with van der Waals surface area (Å²) in [5.41, 5.74) is -4.28. The van der Waals surface area contributed by atoms with Crippen molar-refractivity contribution < 1.29 is 34.3 Å². The van der Waals surface area contributed by atoms with Gasteiger partial charge in [-0.3, -0.25) is 0 Å². The largest absolute Gasteiger partial charge is 0.390 e. The van der Waals surface area contributed by atoms with E-state index in [1.165, 1.54) is 0 Å². The molecule has 7 heteroatoms. The summed E-state index contributed by atoms with van der Waals surface area (Å²) in [5.74, 6) is -0.134. The van der Waals surface area contributed by atoms with Gasteiger partial charge in [-0.1, -0.05) is 27.7 Å². The summed E-state index contributed by atoms with van der Waals surface area (Å²) in [6, 6.07) is 0. The predicted molar refractivity (Wildman–Crippen MR) is 91.3 cm³/mol. The molecule has 4 heterocycles. The van der Waals surface area contributed by atoms with Gasteiger partial charge in [0.1, 0.15) is 5.60 Å². The molecule has 2 saturated carbocycles. The fourth-order valence-electron chi connectivity index (χ4n) is 8.51. The molecule has 0 amide bonds. The van der Waals surface area contributed by atoms with Gasteiger partial charge in [0.15, 0.2) is 18.2 Å². The normalized spacial score (nSPS) is 66.1. The third-order valence-corrected chi connectivity index (χ3v) is 9.23. The molecular weight excluding hydrogens is 352 g/mol.